The molecule has 1 N–H and O–H groups in total. The third-order valence-corrected chi connectivity index (χ3v) is 5.18. The van der Waals surface area contributed by atoms with Gasteiger partial charge in [-0.1, -0.05) is 60.4 Å². The number of nitrogens with zero attached hydrogens (tertiary/aromatic N) is 1. The van der Waals surface area contributed by atoms with Crippen LogP contribution in [-0.4, -0.2) is 15.2 Å². The summed E-state index contributed by atoms with van der Waals surface area (Å²) < 4.78 is 0.499. The van der Waals surface area contributed by atoms with Crippen LogP contribution in [0.5, 0.6) is 0 Å². The van der Waals surface area contributed by atoms with Crippen molar-refractivity contribution in [2.45, 2.75) is 6.92 Å². The quantitative estimate of drug-likeness (QED) is 0.530. The van der Waals surface area contributed by atoms with E-state index in [0.29, 0.717) is 9.23 Å². The van der Waals surface area contributed by atoms with Gasteiger partial charge in [0.2, 0.25) is 0 Å². The summed E-state index contributed by atoms with van der Waals surface area (Å²) in [6.07, 6.45) is 1.86. The Morgan fingerprint density at radius 1 is 1.12 bits per heavy atom. The Morgan fingerprint density at radius 2 is 1.96 bits per heavy atom. The lowest BCUT2D eigenvalue weighted by Gasteiger charge is -2.08. The number of thioether (sulfide) groups is 1. The van der Waals surface area contributed by atoms with Crippen LogP contribution >= 0.6 is 24.0 Å². The van der Waals surface area contributed by atoms with E-state index in [9.17, 15) is 4.79 Å². The zero-order valence-electron chi connectivity index (χ0n) is 13.4. The van der Waals surface area contributed by atoms with Gasteiger partial charge in [-0.05, 0) is 42.3 Å². The van der Waals surface area contributed by atoms with E-state index >= 15 is 0 Å². The van der Waals surface area contributed by atoms with Crippen LogP contribution in [0, 0.1) is 6.92 Å². The van der Waals surface area contributed by atoms with Crippen molar-refractivity contribution in [3.8, 4) is 11.3 Å². The molecule has 1 aliphatic heterocycles. The smallest absolute Gasteiger partial charge is 0.263 e. The van der Waals surface area contributed by atoms with Crippen LogP contribution in [0.15, 0.2) is 59.5 Å². The van der Waals surface area contributed by atoms with E-state index in [2.05, 4.69) is 24.4 Å². The molecule has 0 saturated carbocycles. The molecule has 1 aromatic heterocycles. The number of pyridine rings is 1. The predicted octanol–water partition coefficient (Wildman–Crippen LogP) is 4.70. The molecule has 1 amide bonds. The normalized spacial score (nSPS) is 15.8. The molecule has 1 saturated heterocycles. The van der Waals surface area contributed by atoms with E-state index < -0.39 is 0 Å². The Kier molecular flexibility index (Phi) is 4.11. The largest absolute Gasteiger partial charge is 0.307 e. The van der Waals surface area contributed by atoms with E-state index in [1.807, 2.05) is 48.5 Å². The molecule has 3 nitrogen and oxygen atoms in total. The molecule has 2 heterocycles. The maximum atomic E-state index is 11.8. The van der Waals surface area contributed by atoms with Crippen LogP contribution in [0.25, 0.3) is 28.2 Å². The minimum Gasteiger partial charge on any atom is -0.307 e. The number of nitrogens with one attached hydrogen (secondary N) is 1. The number of aryl methyl sites for hydroxylation is 1. The summed E-state index contributed by atoms with van der Waals surface area (Å²) in [4.78, 5) is 17.3. The van der Waals surface area contributed by atoms with Gasteiger partial charge in [-0.2, -0.15) is 0 Å². The second kappa shape index (κ2) is 6.43. The van der Waals surface area contributed by atoms with Crippen molar-refractivity contribution in [1.82, 2.24) is 10.3 Å². The highest BCUT2D eigenvalue weighted by Crippen LogP contribution is 2.29. The fourth-order valence-corrected chi connectivity index (χ4v) is 3.91. The number of carbonyl (C=O) groups is 1. The lowest BCUT2D eigenvalue weighted by molar-refractivity contribution is -0.115. The molecule has 122 valence electrons. The first-order valence-electron chi connectivity index (χ1n) is 7.82. The average molecular weight is 362 g/mol. The lowest BCUT2D eigenvalue weighted by Crippen LogP contribution is -2.17. The molecule has 4 rings (SSSR count). The van der Waals surface area contributed by atoms with Crippen LogP contribution in [-0.2, 0) is 4.79 Å². The highest BCUT2D eigenvalue weighted by Gasteiger charge is 2.21. The number of aromatic nitrogens is 1. The lowest BCUT2D eigenvalue weighted by atomic mass is 10.0. The van der Waals surface area contributed by atoms with E-state index in [4.69, 9.17) is 17.2 Å². The molecule has 0 atom stereocenters. The first kappa shape index (κ1) is 16.0. The van der Waals surface area contributed by atoms with E-state index in [0.717, 1.165) is 33.3 Å². The van der Waals surface area contributed by atoms with Crippen molar-refractivity contribution < 1.29 is 4.79 Å². The molecule has 0 radical (unpaired) electrons. The van der Waals surface area contributed by atoms with Gasteiger partial charge in [-0.25, -0.2) is 4.98 Å². The van der Waals surface area contributed by atoms with Gasteiger partial charge in [0.15, 0.2) is 0 Å². The van der Waals surface area contributed by atoms with Crippen LogP contribution in [0.3, 0.4) is 0 Å². The number of rotatable bonds is 2. The first-order chi connectivity index (χ1) is 12.1. The highest BCUT2D eigenvalue weighted by molar-refractivity contribution is 8.26. The molecule has 1 fully saturated rings. The summed E-state index contributed by atoms with van der Waals surface area (Å²) in [6.45, 7) is 2.07. The molecular weight excluding hydrogens is 348 g/mol. The number of hydrogen-bond acceptors (Lipinski definition) is 4. The monoisotopic (exact) mass is 362 g/mol. The van der Waals surface area contributed by atoms with E-state index in [1.165, 1.54) is 11.8 Å². The fraction of sp³-hybridized carbons (Fsp3) is 0.0500. The van der Waals surface area contributed by atoms with E-state index in [-0.39, 0.29) is 5.91 Å². The van der Waals surface area contributed by atoms with Crippen molar-refractivity contribution in [2.75, 3.05) is 0 Å². The second-order valence-electron chi connectivity index (χ2n) is 5.82. The molecular formula is C20H14N2OS2. The number of hydrogen-bond donors (Lipinski definition) is 1. The van der Waals surface area contributed by atoms with Crippen molar-refractivity contribution >= 4 is 51.2 Å². The summed E-state index contributed by atoms with van der Waals surface area (Å²) in [6, 6.07) is 18.3. The fourth-order valence-electron chi connectivity index (χ4n) is 2.86. The number of thiocarbonyl (C=S) groups is 1. The molecule has 0 aliphatic carbocycles. The maximum Gasteiger partial charge on any atom is 0.263 e. The Hall–Kier alpha value is -2.50. The number of amides is 1. The van der Waals surface area contributed by atoms with Crippen molar-refractivity contribution in [3.05, 3.63) is 70.6 Å². The Balaban J connectivity index is 1.77. The zero-order chi connectivity index (χ0) is 17.4. The van der Waals surface area contributed by atoms with Crippen LogP contribution in [0.4, 0.5) is 0 Å². The molecule has 0 bridgehead atoms. The van der Waals surface area contributed by atoms with E-state index in [1.54, 1.807) is 0 Å². The summed E-state index contributed by atoms with van der Waals surface area (Å²) >= 11 is 6.33. The summed E-state index contributed by atoms with van der Waals surface area (Å²) in [7, 11) is 0. The Morgan fingerprint density at radius 3 is 2.76 bits per heavy atom. The van der Waals surface area contributed by atoms with Crippen LogP contribution < -0.4 is 5.32 Å². The Bertz CT molecular complexity index is 1060. The Labute approximate surface area is 155 Å². The molecule has 5 heteroatoms. The molecule has 25 heavy (non-hydrogen) atoms. The summed E-state index contributed by atoms with van der Waals surface area (Å²) in [5, 5.41) is 3.77. The molecule has 1 aliphatic rings. The highest BCUT2D eigenvalue weighted by atomic mass is 32.2. The van der Waals surface area contributed by atoms with Gasteiger partial charge in [0.05, 0.1) is 16.1 Å². The molecule has 3 aromatic rings. The number of para-hydroxylation sites is 1. The minimum atomic E-state index is -0.139. The van der Waals surface area contributed by atoms with Crippen molar-refractivity contribution in [3.63, 3.8) is 0 Å². The number of fused-ring (bicyclic) bond motifs is 1. The number of carbonyl (C=O) groups excluding carboxylic acids is 1. The predicted molar refractivity (Wildman–Crippen MR) is 108 cm³/mol. The van der Waals surface area contributed by atoms with Crippen molar-refractivity contribution in [1.29, 1.82) is 0 Å². The van der Waals surface area contributed by atoms with Gasteiger partial charge >= 0.3 is 0 Å². The average Bonchev–Trinajstić information content (AvgIpc) is 2.91. The molecule has 0 spiro atoms. The maximum absolute atomic E-state index is 11.8. The van der Waals surface area contributed by atoms with Gasteiger partial charge in [0.25, 0.3) is 5.91 Å². The SMILES string of the molecule is Cc1cc2ccccc2nc1-c1cccc(C=C2SC(=S)NC2=O)c1. The van der Waals surface area contributed by atoms with Crippen molar-refractivity contribution in [2.24, 2.45) is 0 Å². The molecule has 0 unspecified atom stereocenters. The number of benzene rings is 2. The van der Waals surface area contributed by atoms with Gasteiger partial charge in [0, 0.05) is 10.9 Å². The van der Waals surface area contributed by atoms with Crippen LogP contribution in [0.1, 0.15) is 11.1 Å². The zero-order valence-corrected chi connectivity index (χ0v) is 15.1. The van der Waals surface area contributed by atoms with Gasteiger partial charge in [-0.15, -0.1) is 0 Å². The standard InChI is InChI=1S/C20H14N2OS2/c1-12-9-14-6-2-3-8-16(14)21-18(12)15-7-4-5-13(10-15)11-17-19(23)22-20(24)25-17/h2-11H,1H3,(H,22,23,24). The van der Waals surface area contributed by atoms with Gasteiger partial charge < -0.3 is 5.32 Å². The third kappa shape index (κ3) is 3.21. The van der Waals surface area contributed by atoms with Gasteiger partial charge in [0.1, 0.15) is 4.32 Å². The minimum absolute atomic E-state index is 0.139. The molecule has 2 aromatic carbocycles. The summed E-state index contributed by atoms with van der Waals surface area (Å²) in [5.41, 5.74) is 5.04. The van der Waals surface area contributed by atoms with Gasteiger partial charge in [-0.3, -0.25) is 4.79 Å². The van der Waals surface area contributed by atoms with Crippen LogP contribution in [0.2, 0.25) is 0 Å². The third-order valence-electron chi connectivity index (χ3n) is 4.01. The topological polar surface area (TPSA) is 42.0 Å². The summed E-state index contributed by atoms with van der Waals surface area (Å²) in [5.74, 6) is -0.139. The first-order valence-corrected chi connectivity index (χ1v) is 9.04. The second-order valence-corrected chi connectivity index (χ2v) is 7.54.